The quantitative estimate of drug-likeness (QED) is 0.650. The normalized spacial score (nSPS) is 48.8. The van der Waals surface area contributed by atoms with Crippen molar-refractivity contribution >= 4 is 0 Å². The highest BCUT2D eigenvalue weighted by molar-refractivity contribution is 5.31. The van der Waals surface area contributed by atoms with E-state index < -0.39 is 23.8 Å². The van der Waals surface area contributed by atoms with Crippen molar-refractivity contribution in [3.63, 3.8) is 0 Å². The van der Waals surface area contributed by atoms with Crippen LogP contribution in [0, 0.1) is 0 Å². The van der Waals surface area contributed by atoms with E-state index in [1.807, 2.05) is 0 Å². The van der Waals surface area contributed by atoms with Crippen LogP contribution in [-0.4, -0.2) is 46.5 Å². The van der Waals surface area contributed by atoms with E-state index in [1.165, 1.54) is 0 Å². The lowest BCUT2D eigenvalue weighted by Crippen LogP contribution is -2.53. The summed E-state index contributed by atoms with van der Waals surface area (Å²) in [6, 6.07) is -0.245. The number of fused-ring (bicyclic) bond motifs is 5. The monoisotopic (exact) mass is 239 g/mol. The molecule has 0 aromatic heterocycles. The van der Waals surface area contributed by atoms with Gasteiger partial charge in [0.1, 0.15) is 6.04 Å². The maximum absolute atomic E-state index is 10.8. The maximum atomic E-state index is 10.8. The van der Waals surface area contributed by atoms with Crippen LogP contribution in [0.25, 0.3) is 0 Å². The molecule has 1 N–H and O–H groups in total. The first-order valence-corrected chi connectivity index (χ1v) is 5.63. The molecule has 4 rings (SSSR count). The van der Waals surface area contributed by atoms with Crippen LogP contribution >= 0.6 is 0 Å². The van der Waals surface area contributed by atoms with Gasteiger partial charge in [-0.1, -0.05) is 5.22 Å². The number of ether oxygens (including phenoxy) is 3. The van der Waals surface area contributed by atoms with Gasteiger partial charge in [0.2, 0.25) is 6.29 Å². The molecular weight excluding hydrogens is 226 g/mol. The Hall–Kier alpha value is -1.18. The average molecular weight is 239 g/mol. The van der Waals surface area contributed by atoms with Crippen molar-refractivity contribution in [3.8, 4) is 0 Å². The van der Waals surface area contributed by atoms with E-state index in [1.54, 1.807) is 25.1 Å². The van der Waals surface area contributed by atoms with Gasteiger partial charge in [-0.25, -0.2) is 5.01 Å². The zero-order valence-electron chi connectivity index (χ0n) is 9.53. The fourth-order valence-corrected chi connectivity index (χ4v) is 2.87. The molecule has 4 atom stereocenters. The third-order valence-corrected chi connectivity index (χ3v) is 3.63. The SMILES string of the molecule is CC1(C)OC2OC3=CN4N=NCC4C3(O)C2O1. The van der Waals surface area contributed by atoms with Crippen LogP contribution in [0.1, 0.15) is 13.8 Å². The number of aliphatic hydroxyl groups is 1. The Labute approximate surface area is 97.6 Å². The Kier molecular flexibility index (Phi) is 1.52. The van der Waals surface area contributed by atoms with E-state index in [0.717, 1.165) is 0 Å². The van der Waals surface area contributed by atoms with Gasteiger partial charge in [-0.2, -0.15) is 5.11 Å². The molecule has 0 bridgehead atoms. The topological polar surface area (TPSA) is 75.9 Å². The minimum Gasteiger partial charge on any atom is -0.461 e. The number of hydrogen-bond acceptors (Lipinski definition) is 7. The average Bonchev–Trinajstić information content (AvgIpc) is 2.88. The molecule has 2 saturated heterocycles. The van der Waals surface area contributed by atoms with Gasteiger partial charge in [-0.15, -0.1) is 0 Å². The van der Waals surface area contributed by atoms with Crippen molar-refractivity contribution in [2.75, 3.05) is 6.54 Å². The summed E-state index contributed by atoms with van der Waals surface area (Å²) in [6.45, 7) is 4.04. The van der Waals surface area contributed by atoms with Crippen LogP contribution in [-0.2, 0) is 14.2 Å². The minimum absolute atomic E-state index is 0.245. The highest BCUT2D eigenvalue weighted by Crippen LogP contribution is 2.51. The van der Waals surface area contributed by atoms with Gasteiger partial charge in [0.05, 0.1) is 12.7 Å². The van der Waals surface area contributed by atoms with Crippen molar-refractivity contribution < 1.29 is 19.3 Å². The fraction of sp³-hybridized carbons (Fsp3) is 0.800. The van der Waals surface area contributed by atoms with Gasteiger partial charge in [-0.05, 0) is 13.8 Å². The van der Waals surface area contributed by atoms with Crippen LogP contribution in [0.3, 0.4) is 0 Å². The molecule has 0 spiro atoms. The van der Waals surface area contributed by atoms with E-state index in [9.17, 15) is 5.11 Å². The number of hydrogen-bond donors (Lipinski definition) is 1. The molecule has 4 heterocycles. The lowest BCUT2D eigenvalue weighted by Gasteiger charge is -2.30. The van der Waals surface area contributed by atoms with Gasteiger partial charge in [0.15, 0.2) is 23.3 Å². The summed E-state index contributed by atoms with van der Waals surface area (Å²) in [5.74, 6) is -0.275. The van der Waals surface area contributed by atoms with Crippen LogP contribution in [0.2, 0.25) is 0 Å². The lowest BCUT2D eigenvalue weighted by molar-refractivity contribution is -0.198. The summed E-state index contributed by atoms with van der Waals surface area (Å²) in [5, 5.41) is 20.3. The summed E-state index contributed by atoms with van der Waals surface area (Å²) < 4.78 is 17.0. The van der Waals surface area contributed by atoms with Crippen molar-refractivity contribution in [2.24, 2.45) is 10.3 Å². The summed E-state index contributed by atoms with van der Waals surface area (Å²) in [4.78, 5) is 0. The molecule has 4 aliphatic heterocycles. The van der Waals surface area contributed by atoms with E-state index in [-0.39, 0.29) is 6.04 Å². The van der Waals surface area contributed by atoms with E-state index >= 15 is 0 Å². The van der Waals surface area contributed by atoms with E-state index in [2.05, 4.69) is 10.3 Å². The molecule has 17 heavy (non-hydrogen) atoms. The highest BCUT2D eigenvalue weighted by Gasteiger charge is 2.69. The van der Waals surface area contributed by atoms with Crippen molar-refractivity contribution in [1.29, 1.82) is 0 Å². The maximum Gasteiger partial charge on any atom is 0.232 e. The molecule has 92 valence electrons. The smallest absolute Gasteiger partial charge is 0.232 e. The van der Waals surface area contributed by atoms with Gasteiger partial charge in [-0.3, -0.25) is 0 Å². The molecular formula is C10H13N3O4. The van der Waals surface area contributed by atoms with Crippen molar-refractivity contribution in [3.05, 3.63) is 12.0 Å². The fourth-order valence-electron chi connectivity index (χ4n) is 2.87. The van der Waals surface area contributed by atoms with Gasteiger partial charge in [0.25, 0.3) is 0 Å². The standard InChI is InChI=1S/C10H13N3O4/c1-9(2)16-7-8(17-9)15-6-4-13-5(3-11-12-13)10(6,7)14/h4-5,7-8,14H,3H2,1-2H3. The second kappa shape index (κ2) is 2.63. The first-order valence-electron chi connectivity index (χ1n) is 5.63. The van der Waals surface area contributed by atoms with Crippen LogP contribution in [0.4, 0.5) is 0 Å². The summed E-state index contributed by atoms with van der Waals surface area (Å²) in [7, 11) is 0. The van der Waals surface area contributed by atoms with Crippen molar-refractivity contribution in [2.45, 2.75) is 43.7 Å². The predicted molar refractivity (Wildman–Crippen MR) is 53.3 cm³/mol. The Bertz CT molecular complexity index is 449. The molecule has 7 heteroatoms. The summed E-state index contributed by atoms with van der Waals surface area (Å²) >= 11 is 0. The molecule has 4 aliphatic rings. The molecule has 2 fully saturated rings. The summed E-state index contributed by atoms with van der Waals surface area (Å²) in [5.41, 5.74) is -1.21. The summed E-state index contributed by atoms with van der Waals surface area (Å²) in [6.07, 6.45) is 0.588. The molecule has 0 aromatic carbocycles. The van der Waals surface area contributed by atoms with Gasteiger partial charge >= 0.3 is 0 Å². The largest absolute Gasteiger partial charge is 0.461 e. The highest BCUT2D eigenvalue weighted by atomic mass is 16.8. The molecule has 0 aromatic rings. The Balaban J connectivity index is 1.75. The van der Waals surface area contributed by atoms with E-state index in [4.69, 9.17) is 14.2 Å². The number of rotatable bonds is 0. The Morgan fingerprint density at radius 3 is 3.12 bits per heavy atom. The lowest BCUT2D eigenvalue weighted by atomic mass is 9.90. The Morgan fingerprint density at radius 1 is 1.47 bits per heavy atom. The predicted octanol–water partition coefficient (Wildman–Crippen LogP) is 0.132. The second-order valence-corrected chi connectivity index (χ2v) is 5.17. The first kappa shape index (κ1) is 9.81. The zero-order valence-corrected chi connectivity index (χ0v) is 9.53. The van der Waals surface area contributed by atoms with E-state index in [0.29, 0.717) is 12.3 Å². The second-order valence-electron chi connectivity index (χ2n) is 5.17. The first-order chi connectivity index (χ1) is 8.01. The molecule has 4 unspecified atom stereocenters. The minimum atomic E-state index is -1.21. The third kappa shape index (κ3) is 1.02. The third-order valence-electron chi connectivity index (χ3n) is 3.63. The number of nitrogens with zero attached hydrogens (tertiary/aromatic N) is 3. The van der Waals surface area contributed by atoms with Crippen LogP contribution < -0.4 is 0 Å². The zero-order chi connectivity index (χ0) is 11.8. The Morgan fingerprint density at radius 2 is 2.29 bits per heavy atom. The van der Waals surface area contributed by atoms with Crippen LogP contribution in [0.5, 0.6) is 0 Å². The molecule has 0 aliphatic carbocycles. The molecule has 0 radical (unpaired) electrons. The van der Waals surface area contributed by atoms with Crippen molar-refractivity contribution in [1.82, 2.24) is 5.01 Å². The van der Waals surface area contributed by atoms with Crippen LogP contribution in [0.15, 0.2) is 22.3 Å². The van der Waals surface area contributed by atoms with Gasteiger partial charge in [0, 0.05) is 0 Å². The van der Waals surface area contributed by atoms with Gasteiger partial charge < -0.3 is 19.3 Å². The molecule has 0 amide bonds. The molecule has 7 nitrogen and oxygen atoms in total. The molecule has 0 saturated carbocycles.